The first-order valence-corrected chi connectivity index (χ1v) is 5.83. The van der Waals surface area contributed by atoms with Crippen LogP contribution in [0.1, 0.15) is 11.5 Å². The number of para-hydroxylation sites is 2. The number of hydrogen-bond donors (Lipinski definition) is 1. The summed E-state index contributed by atoms with van der Waals surface area (Å²) < 4.78 is 5.27. The van der Waals surface area contributed by atoms with Gasteiger partial charge in [-0.2, -0.15) is 0 Å². The molecule has 4 heteroatoms. The molecule has 2 heterocycles. The molecular formula is C13H15N3O. The van der Waals surface area contributed by atoms with Gasteiger partial charge in [0.2, 0.25) is 0 Å². The number of aryl methyl sites for hydroxylation is 1. The lowest BCUT2D eigenvalue weighted by Gasteiger charge is -2.31. The van der Waals surface area contributed by atoms with Gasteiger partial charge in [0.1, 0.15) is 0 Å². The topological polar surface area (TPSA) is 41.3 Å². The van der Waals surface area contributed by atoms with Crippen LogP contribution in [0.4, 0.5) is 11.4 Å². The second-order valence-corrected chi connectivity index (χ2v) is 4.30. The molecule has 4 nitrogen and oxygen atoms in total. The maximum absolute atomic E-state index is 5.27. The fourth-order valence-corrected chi connectivity index (χ4v) is 2.19. The molecule has 1 aromatic heterocycles. The molecule has 1 aliphatic rings. The van der Waals surface area contributed by atoms with Crippen molar-refractivity contribution < 1.29 is 4.52 Å². The van der Waals surface area contributed by atoms with Crippen molar-refractivity contribution in [1.29, 1.82) is 0 Å². The smallest absolute Gasteiger partial charge is 0.156 e. The molecule has 17 heavy (non-hydrogen) atoms. The minimum absolute atomic E-state index is 0.777. The van der Waals surface area contributed by atoms with Gasteiger partial charge in [-0.1, -0.05) is 17.3 Å². The number of nitrogens with zero attached hydrogens (tertiary/aromatic N) is 2. The first-order chi connectivity index (χ1) is 8.33. The molecule has 2 aromatic rings. The Morgan fingerprint density at radius 3 is 3.12 bits per heavy atom. The average Bonchev–Trinajstić information content (AvgIpc) is 2.75. The summed E-state index contributed by atoms with van der Waals surface area (Å²) in [4.78, 5) is 2.31. The van der Waals surface area contributed by atoms with Crippen molar-refractivity contribution in [3.05, 3.63) is 41.8 Å². The van der Waals surface area contributed by atoms with E-state index in [1.807, 2.05) is 19.1 Å². The van der Waals surface area contributed by atoms with E-state index in [4.69, 9.17) is 4.52 Å². The molecule has 1 N–H and O–H groups in total. The van der Waals surface area contributed by atoms with Gasteiger partial charge < -0.3 is 14.7 Å². The summed E-state index contributed by atoms with van der Waals surface area (Å²) in [6.07, 6.45) is 0. The van der Waals surface area contributed by atoms with Crippen LogP contribution in [0.2, 0.25) is 0 Å². The number of nitrogens with one attached hydrogen (secondary N) is 1. The van der Waals surface area contributed by atoms with E-state index in [-0.39, 0.29) is 0 Å². The summed E-state index contributed by atoms with van der Waals surface area (Å²) in [5.74, 6) is 0.916. The van der Waals surface area contributed by atoms with Crippen molar-refractivity contribution in [3.8, 4) is 0 Å². The molecule has 0 spiro atoms. The van der Waals surface area contributed by atoms with Gasteiger partial charge in [0.25, 0.3) is 0 Å². The van der Waals surface area contributed by atoms with Crippen LogP contribution >= 0.6 is 0 Å². The highest BCUT2D eigenvalue weighted by molar-refractivity contribution is 5.71. The molecule has 1 aliphatic heterocycles. The Morgan fingerprint density at radius 2 is 2.29 bits per heavy atom. The number of rotatable bonds is 2. The highest BCUT2D eigenvalue weighted by atomic mass is 16.5. The van der Waals surface area contributed by atoms with Crippen molar-refractivity contribution in [2.45, 2.75) is 13.5 Å². The minimum atomic E-state index is 0.777. The number of hydrogen-bond acceptors (Lipinski definition) is 4. The Bertz CT molecular complexity index is 521. The molecular weight excluding hydrogens is 214 g/mol. The van der Waals surface area contributed by atoms with Crippen LogP contribution in [-0.4, -0.2) is 18.2 Å². The Hall–Kier alpha value is -1.97. The average molecular weight is 229 g/mol. The third-order valence-corrected chi connectivity index (χ3v) is 2.97. The van der Waals surface area contributed by atoms with E-state index in [1.165, 1.54) is 11.4 Å². The Kier molecular flexibility index (Phi) is 2.48. The maximum Gasteiger partial charge on any atom is 0.156 e. The van der Waals surface area contributed by atoms with Crippen molar-refractivity contribution in [2.24, 2.45) is 0 Å². The zero-order valence-corrected chi connectivity index (χ0v) is 9.81. The molecule has 0 unspecified atom stereocenters. The third-order valence-electron chi connectivity index (χ3n) is 2.97. The predicted molar refractivity (Wildman–Crippen MR) is 67.2 cm³/mol. The summed E-state index contributed by atoms with van der Waals surface area (Å²) in [6, 6.07) is 10.3. The fourth-order valence-electron chi connectivity index (χ4n) is 2.19. The van der Waals surface area contributed by atoms with E-state index in [0.717, 1.165) is 31.1 Å². The lowest BCUT2D eigenvalue weighted by molar-refractivity contribution is 0.377. The van der Waals surface area contributed by atoms with Crippen LogP contribution in [0.15, 0.2) is 34.9 Å². The van der Waals surface area contributed by atoms with Crippen LogP contribution in [-0.2, 0) is 6.54 Å². The summed E-state index contributed by atoms with van der Waals surface area (Å²) >= 11 is 0. The number of aromatic nitrogens is 1. The molecule has 0 saturated carbocycles. The quantitative estimate of drug-likeness (QED) is 0.858. The van der Waals surface area contributed by atoms with E-state index in [1.54, 1.807) is 0 Å². The molecule has 88 valence electrons. The number of fused-ring (bicyclic) bond motifs is 1. The van der Waals surface area contributed by atoms with E-state index in [9.17, 15) is 0 Å². The summed E-state index contributed by atoms with van der Waals surface area (Å²) in [5, 5.41) is 7.32. The predicted octanol–water partition coefficient (Wildman–Crippen LogP) is 2.42. The van der Waals surface area contributed by atoms with E-state index in [0.29, 0.717) is 0 Å². The molecule has 0 bridgehead atoms. The Labute approximate surface area is 100 Å². The van der Waals surface area contributed by atoms with Gasteiger partial charge in [-0.05, 0) is 19.1 Å². The van der Waals surface area contributed by atoms with Crippen molar-refractivity contribution in [2.75, 3.05) is 23.3 Å². The fraction of sp³-hybridized carbons (Fsp3) is 0.308. The number of anilines is 2. The van der Waals surface area contributed by atoms with Gasteiger partial charge in [-0.3, -0.25) is 0 Å². The van der Waals surface area contributed by atoms with Gasteiger partial charge in [0.15, 0.2) is 5.76 Å². The maximum atomic E-state index is 5.27. The zero-order valence-electron chi connectivity index (χ0n) is 9.81. The van der Waals surface area contributed by atoms with Gasteiger partial charge in [-0.15, -0.1) is 0 Å². The Morgan fingerprint density at radius 1 is 1.41 bits per heavy atom. The van der Waals surface area contributed by atoms with E-state index < -0.39 is 0 Å². The molecule has 0 amide bonds. The zero-order chi connectivity index (χ0) is 11.7. The lowest BCUT2D eigenvalue weighted by Crippen LogP contribution is -2.33. The molecule has 0 radical (unpaired) electrons. The van der Waals surface area contributed by atoms with Crippen LogP contribution in [0.3, 0.4) is 0 Å². The molecule has 0 saturated heterocycles. The second kappa shape index (κ2) is 4.13. The minimum Gasteiger partial charge on any atom is -0.382 e. The largest absolute Gasteiger partial charge is 0.382 e. The van der Waals surface area contributed by atoms with Crippen LogP contribution in [0.5, 0.6) is 0 Å². The molecule has 0 aliphatic carbocycles. The Balaban J connectivity index is 1.85. The van der Waals surface area contributed by atoms with Gasteiger partial charge in [0, 0.05) is 19.2 Å². The van der Waals surface area contributed by atoms with E-state index in [2.05, 4.69) is 33.6 Å². The third kappa shape index (κ3) is 1.98. The first kappa shape index (κ1) is 10.2. The van der Waals surface area contributed by atoms with Crippen molar-refractivity contribution in [1.82, 2.24) is 5.16 Å². The molecule has 0 fully saturated rings. The van der Waals surface area contributed by atoms with Gasteiger partial charge in [0.05, 0.1) is 23.6 Å². The standard InChI is InChI=1S/C13H15N3O/c1-10-8-11(17-15-10)9-16-7-6-14-12-4-2-3-5-13(12)16/h2-5,8,14H,6-7,9H2,1H3. The van der Waals surface area contributed by atoms with Crippen LogP contribution in [0.25, 0.3) is 0 Å². The summed E-state index contributed by atoms with van der Waals surface area (Å²) in [5.41, 5.74) is 3.35. The first-order valence-electron chi connectivity index (χ1n) is 5.83. The van der Waals surface area contributed by atoms with Crippen LogP contribution in [0, 0.1) is 6.92 Å². The van der Waals surface area contributed by atoms with Gasteiger partial charge in [-0.25, -0.2) is 0 Å². The SMILES string of the molecule is Cc1cc(CN2CCNc3ccccc32)on1. The van der Waals surface area contributed by atoms with Crippen molar-refractivity contribution >= 4 is 11.4 Å². The van der Waals surface area contributed by atoms with Crippen molar-refractivity contribution in [3.63, 3.8) is 0 Å². The molecule has 3 rings (SSSR count). The highest BCUT2D eigenvalue weighted by Crippen LogP contribution is 2.29. The summed E-state index contributed by atoms with van der Waals surface area (Å²) in [6.45, 7) is 4.67. The highest BCUT2D eigenvalue weighted by Gasteiger charge is 2.17. The molecule has 1 aromatic carbocycles. The summed E-state index contributed by atoms with van der Waals surface area (Å²) in [7, 11) is 0. The lowest BCUT2D eigenvalue weighted by atomic mass is 10.2. The second-order valence-electron chi connectivity index (χ2n) is 4.30. The van der Waals surface area contributed by atoms with Crippen LogP contribution < -0.4 is 10.2 Å². The van der Waals surface area contributed by atoms with Gasteiger partial charge >= 0.3 is 0 Å². The molecule has 0 atom stereocenters. The number of benzene rings is 1. The normalized spacial score (nSPS) is 14.3. The van der Waals surface area contributed by atoms with E-state index >= 15 is 0 Å². The monoisotopic (exact) mass is 229 g/mol.